The van der Waals surface area contributed by atoms with Gasteiger partial charge in [-0.1, -0.05) is 5.16 Å². The third-order valence-corrected chi connectivity index (χ3v) is 4.95. The van der Waals surface area contributed by atoms with Gasteiger partial charge in [0.05, 0.1) is 23.8 Å². The SMILES string of the molecule is FC(F)c1cnnc(N(Cc2ccc(-c3noc(C(F)(F)F)n3)s2)c2cnccn2)c1. The summed E-state index contributed by atoms with van der Waals surface area (Å²) in [7, 11) is 0. The zero-order chi connectivity index (χ0) is 22.0. The smallest absolute Gasteiger partial charge is 0.329 e. The fourth-order valence-corrected chi connectivity index (χ4v) is 3.43. The predicted octanol–water partition coefficient (Wildman–Crippen LogP) is 4.67. The fourth-order valence-electron chi connectivity index (χ4n) is 2.51. The zero-order valence-electron chi connectivity index (χ0n) is 15.2. The van der Waals surface area contributed by atoms with Crippen LogP contribution in [0.15, 0.2) is 47.5 Å². The Morgan fingerprint density at radius 1 is 1.10 bits per heavy atom. The summed E-state index contributed by atoms with van der Waals surface area (Å²) in [6, 6.07) is 4.34. The third-order valence-electron chi connectivity index (χ3n) is 3.88. The van der Waals surface area contributed by atoms with Crippen molar-refractivity contribution in [1.82, 2.24) is 30.3 Å². The van der Waals surface area contributed by atoms with Crippen LogP contribution in [0.5, 0.6) is 0 Å². The van der Waals surface area contributed by atoms with Gasteiger partial charge in [-0.05, 0) is 18.2 Å². The van der Waals surface area contributed by atoms with Crippen LogP contribution in [0.4, 0.5) is 33.6 Å². The second kappa shape index (κ2) is 8.29. The van der Waals surface area contributed by atoms with E-state index in [2.05, 4.69) is 34.8 Å². The first-order valence-corrected chi connectivity index (χ1v) is 9.27. The topological polar surface area (TPSA) is 93.7 Å². The van der Waals surface area contributed by atoms with Crippen LogP contribution in [-0.4, -0.2) is 30.3 Å². The van der Waals surface area contributed by atoms with Gasteiger partial charge >= 0.3 is 12.1 Å². The van der Waals surface area contributed by atoms with Gasteiger partial charge in [-0.15, -0.1) is 16.4 Å². The molecule has 0 fully saturated rings. The maximum Gasteiger partial charge on any atom is 0.471 e. The zero-order valence-corrected chi connectivity index (χ0v) is 16.0. The van der Waals surface area contributed by atoms with Gasteiger partial charge < -0.3 is 9.42 Å². The van der Waals surface area contributed by atoms with E-state index >= 15 is 0 Å². The molecule has 14 heteroatoms. The first-order valence-electron chi connectivity index (χ1n) is 8.45. The molecular weight excluding hydrogens is 445 g/mol. The van der Waals surface area contributed by atoms with Crippen molar-refractivity contribution in [2.45, 2.75) is 19.1 Å². The Hall–Kier alpha value is -3.55. The van der Waals surface area contributed by atoms with Crippen LogP contribution >= 0.6 is 11.3 Å². The van der Waals surface area contributed by atoms with Crippen LogP contribution < -0.4 is 4.90 Å². The number of rotatable bonds is 6. The molecular formula is C17H10F5N7OS. The highest BCUT2D eigenvalue weighted by molar-refractivity contribution is 7.15. The lowest BCUT2D eigenvalue weighted by atomic mass is 10.3. The molecule has 0 aliphatic carbocycles. The van der Waals surface area contributed by atoms with Crippen molar-refractivity contribution in [2.75, 3.05) is 4.90 Å². The van der Waals surface area contributed by atoms with Crippen LogP contribution in [-0.2, 0) is 12.7 Å². The number of alkyl halides is 5. The minimum atomic E-state index is -4.75. The van der Waals surface area contributed by atoms with E-state index in [1.54, 1.807) is 6.07 Å². The highest BCUT2D eigenvalue weighted by Gasteiger charge is 2.38. The summed E-state index contributed by atoms with van der Waals surface area (Å²) >= 11 is 1.10. The summed E-state index contributed by atoms with van der Waals surface area (Å²) < 4.78 is 68.5. The lowest BCUT2D eigenvalue weighted by molar-refractivity contribution is -0.159. The monoisotopic (exact) mass is 455 g/mol. The lowest BCUT2D eigenvalue weighted by Crippen LogP contribution is -2.19. The van der Waals surface area contributed by atoms with Crippen molar-refractivity contribution in [3.05, 3.63) is 59.3 Å². The highest BCUT2D eigenvalue weighted by atomic mass is 32.1. The van der Waals surface area contributed by atoms with Gasteiger partial charge in [-0.3, -0.25) is 4.98 Å². The number of anilines is 2. The van der Waals surface area contributed by atoms with Crippen molar-refractivity contribution >= 4 is 23.0 Å². The van der Waals surface area contributed by atoms with Crippen molar-refractivity contribution in [2.24, 2.45) is 0 Å². The van der Waals surface area contributed by atoms with E-state index in [4.69, 9.17) is 0 Å². The van der Waals surface area contributed by atoms with Gasteiger partial charge in [0.25, 0.3) is 6.43 Å². The third kappa shape index (κ3) is 4.63. The Morgan fingerprint density at radius 2 is 1.94 bits per heavy atom. The molecule has 0 amide bonds. The number of aromatic nitrogens is 6. The van der Waals surface area contributed by atoms with Crippen LogP contribution in [0.25, 0.3) is 10.7 Å². The summed E-state index contributed by atoms with van der Waals surface area (Å²) in [6.45, 7) is 0.106. The van der Waals surface area contributed by atoms with Crippen molar-refractivity contribution < 1.29 is 26.5 Å². The molecule has 0 radical (unpaired) electrons. The second-order valence-corrected chi connectivity index (χ2v) is 7.15. The maximum absolute atomic E-state index is 13.1. The summed E-state index contributed by atoms with van der Waals surface area (Å²) in [5, 5.41) is 10.9. The average molecular weight is 455 g/mol. The minimum absolute atomic E-state index is 0.104. The van der Waals surface area contributed by atoms with E-state index in [1.165, 1.54) is 35.6 Å². The minimum Gasteiger partial charge on any atom is -0.329 e. The number of hydrogen-bond acceptors (Lipinski definition) is 9. The Balaban J connectivity index is 1.64. The van der Waals surface area contributed by atoms with Crippen LogP contribution in [0, 0.1) is 0 Å². The maximum atomic E-state index is 13.1. The molecule has 0 bridgehead atoms. The van der Waals surface area contributed by atoms with E-state index in [0.29, 0.717) is 15.6 Å². The van der Waals surface area contributed by atoms with Gasteiger partial charge in [0.1, 0.15) is 0 Å². The van der Waals surface area contributed by atoms with E-state index in [1.807, 2.05) is 0 Å². The van der Waals surface area contributed by atoms with Gasteiger partial charge in [0.15, 0.2) is 11.6 Å². The molecule has 4 rings (SSSR count). The number of halogens is 5. The van der Waals surface area contributed by atoms with E-state index in [0.717, 1.165) is 17.5 Å². The Bertz CT molecular complexity index is 1160. The molecule has 0 saturated carbocycles. The van der Waals surface area contributed by atoms with Gasteiger partial charge in [-0.25, -0.2) is 13.8 Å². The standard InChI is InChI=1S/C17H10F5N7OS/c18-14(19)9-5-12(27-25-6-9)29(13-7-23-3-4-24-13)8-10-1-2-11(31-10)15-26-16(30-28-15)17(20,21)22/h1-7,14H,8H2. The summed E-state index contributed by atoms with van der Waals surface area (Å²) in [6.07, 6.45) is -2.25. The summed E-state index contributed by atoms with van der Waals surface area (Å²) in [4.78, 5) is 14.0. The van der Waals surface area contributed by atoms with Gasteiger partial charge in [-0.2, -0.15) is 23.3 Å². The Morgan fingerprint density at radius 3 is 2.61 bits per heavy atom. The largest absolute Gasteiger partial charge is 0.471 e. The quantitative estimate of drug-likeness (QED) is 0.387. The van der Waals surface area contributed by atoms with Crippen molar-refractivity contribution in [3.8, 4) is 10.7 Å². The second-order valence-electron chi connectivity index (χ2n) is 5.98. The number of thiophene rings is 1. The first kappa shape index (κ1) is 20.7. The Kier molecular flexibility index (Phi) is 5.54. The highest BCUT2D eigenvalue weighted by Crippen LogP contribution is 2.33. The molecule has 4 aromatic heterocycles. The average Bonchev–Trinajstić information content (AvgIpc) is 3.42. The molecule has 8 nitrogen and oxygen atoms in total. The molecule has 0 atom stereocenters. The van der Waals surface area contributed by atoms with Gasteiger partial charge in [0, 0.05) is 22.8 Å². The van der Waals surface area contributed by atoms with Crippen LogP contribution in [0.2, 0.25) is 0 Å². The normalized spacial score (nSPS) is 11.8. The molecule has 0 aromatic carbocycles. The molecule has 160 valence electrons. The van der Waals surface area contributed by atoms with Crippen LogP contribution in [0.1, 0.15) is 22.8 Å². The Labute approximate surface area is 174 Å². The molecule has 0 saturated heterocycles. The number of nitrogens with zero attached hydrogens (tertiary/aromatic N) is 7. The summed E-state index contributed by atoms with van der Waals surface area (Å²) in [5.74, 6) is -1.24. The van der Waals surface area contributed by atoms with E-state index in [-0.39, 0.29) is 23.8 Å². The number of hydrogen-bond donors (Lipinski definition) is 0. The molecule has 0 aliphatic heterocycles. The van der Waals surface area contributed by atoms with Crippen LogP contribution in [0.3, 0.4) is 0 Å². The summed E-state index contributed by atoms with van der Waals surface area (Å²) in [5.41, 5.74) is -0.322. The fraction of sp³-hybridized carbons (Fsp3) is 0.176. The predicted molar refractivity (Wildman–Crippen MR) is 97.5 cm³/mol. The lowest BCUT2D eigenvalue weighted by Gasteiger charge is -2.21. The molecule has 4 heterocycles. The molecule has 31 heavy (non-hydrogen) atoms. The molecule has 0 aliphatic rings. The first-order chi connectivity index (χ1) is 14.8. The van der Waals surface area contributed by atoms with Crippen molar-refractivity contribution in [3.63, 3.8) is 0 Å². The molecule has 0 N–H and O–H groups in total. The van der Waals surface area contributed by atoms with Crippen molar-refractivity contribution in [1.29, 1.82) is 0 Å². The molecule has 4 aromatic rings. The van der Waals surface area contributed by atoms with E-state index in [9.17, 15) is 22.0 Å². The van der Waals surface area contributed by atoms with E-state index < -0.39 is 18.5 Å². The molecule has 0 spiro atoms. The van der Waals surface area contributed by atoms with Gasteiger partial charge in [0.2, 0.25) is 5.82 Å². The molecule has 0 unspecified atom stereocenters.